The zero-order valence-electron chi connectivity index (χ0n) is 18.9. The number of carbonyl (C=O) groups excluding carboxylic acids is 4. The van der Waals surface area contributed by atoms with E-state index in [4.69, 9.17) is 4.74 Å². The van der Waals surface area contributed by atoms with E-state index in [1.54, 1.807) is 36.4 Å². The molecule has 1 heterocycles. The Morgan fingerprint density at radius 2 is 1.35 bits per heavy atom. The van der Waals surface area contributed by atoms with Crippen molar-refractivity contribution in [2.75, 3.05) is 6.61 Å². The number of unbranched alkanes of at least 4 members (excludes halogenated alkanes) is 1. The van der Waals surface area contributed by atoms with Crippen molar-refractivity contribution in [3.8, 4) is 11.1 Å². The van der Waals surface area contributed by atoms with Crippen molar-refractivity contribution in [1.29, 1.82) is 0 Å². The highest BCUT2D eigenvalue weighted by atomic mass is 16.5. The van der Waals surface area contributed by atoms with Gasteiger partial charge < -0.3 is 4.74 Å². The van der Waals surface area contributed by atoms with Crippen LogP contribution in [0, 0.1) is 0 Å². The number of hydrogen-bond donors (Lipinski definition) is 0. The highest BCUT2D eigenvalue weighted by Gasteiger charge is 2.43. The number of amides is 2. The summed E-state index contributed by atoms with van der Waals surface area (Å²) in [6.45, 7) is 1.49. The normalized spacial score (nSPS) is 13.5. The SMILES string of the molecule is CCCCC(C(=O)OCC(=O)c1ccc(-c2ccccc2)cc1)N1C(=O)c2ccccc2C1=O. The topological polar surface area (TPSA) is 80.8 Å². The lowest BCUT2D eigenvalue weighted by Gasteiger charge is -2.24. The minimum absolute atomic E-state index is 0.274. The molecule has 1 unspecified atom stereocenters. The van der Waals surface area contributed by atoms with Gasteiger partial charge in [0.15, 0.2) is 12.4 Å². The van der Waals surface area contributed by atoms with E-state index in [1.807, 2.05) is 49.4 Å². The van der Waals surface area contributed by atoms with Crippen molar-refractivity contribution >= 4 is 23.6 Å². The molecule has 0 spiro atoms. The van der Waals surface area contributed by atoms with Crippen molar-refractivity contribution in [2.24, 2.45) is 0 Å². The summed E-state index contributed by atoms with van der Waals surface area (Å²) in [6, 6.07) is 22.3. The minimum Gasteiger partial charge on any atom is -0.456 e. The molecule has 0 saturated heterocycles. The Hall–Kier alpha value is -4.06. The number of imide groups is 1. The smallest absolute Gasteiger partial charge is 0.329 e. The monoisotopic (exact) mass is 455 g/mol. The molecule has 0 aliphatic carbocycles. The van der Waals surface area contributed by atoms with Crippen LogP contribution in [0.2, 0.25) is 0 Å². The minimum atomic E-state index is -1.07. The largest absolute Gasteiger partial charge is 0.456 e. The average Bonchev–Trinajstić information content (AvgIpc) is 3.13. The Labute approximate surface area is 198 Å². The molecule has 2 amide bonds. The molecular weight excluding hydrogens is 430 g/mol. The van der Waals surface area contributed by atoms with E-state index in [1.165, 1.54) is 0 Å². The van der Waals surface area contributed by atoms with Crippen LogP contribution in [0.4, 0.5) is 0 Å². The predicted molar refractivity (Wildman–Crippen MR) is 127 cm³/mol. The number of benzene rings is 3. The van der Waals surface area contributed by atoms with Gasteiger partial charge in [-0.25, -0.2) is 4.79 Å². The number of nitrogens with zero attached hydrogens (tertiary/aromatic N) is 1. The maximum Gasteiger partial charge on any atom is 0.329 e. The van der Waals surface area contributed by atoms with Crippen molar-refractivity contribution in [3.05, 3.63) is 95.6 Å². The zero-order chi connectivity index (χ0) is 24.1. The van der Waals surface area contributed by atoms with E-state index in [9.17, 15) is 19.2 Å². The summed E-state index contributed by atoms with van der Waals surface area (Å²) >= 11 is 0. The van der Waals surface area contributed by atoms with E-state index < -0.39 is 30.4 Å². The van der Waals surface area contributed by atoms with E-state index in [0.29, 0.717) is 12.0 Å². The molecule has 0 saturated carbocycles. The summed E-state index contributed by atoms with van der Waals surface area (Å²) in [6.07, 6.45) is 1.68. The molecule has 4 rings (SSSR count). The second-order valence-corrected chi connectivity index (χ2v) is 8.16. The van der Waals surface area contributed by atoms with Crippen LogP contribution in [0.15, 0.2) is 78.9 Å². The predicted octanol–water partition coefficient (Wildman–Crippen LogP) is 4.93. The molecular formula is C28H25NO5. The molecule has 172 valence electrons. The van der Waals surface area contributed by atoms with Crippen molar-refractivity contribution in [1.82, 2.24) is 4.90 Å². The summed E-state index contributed by atoms with van der Waals surface area (Å²) in [5.74, 6) is -2.13. The molecule has 6 nitrogen and oxygen atoms in total. The molecule has 3 aromatic carbocycles. The molecule has 1 aliphatic rings. The van der Waals surface area contributed by atoms with E-state index >= 15 is 0 Å². The van der Waals surface area contributed by atoms with Crippen LogP contribution < -0.4 is 0 Å². The van der Waals surface area contributed by atoms with Gasteiger partial charge in [0.2, 0.25) is 0 Å². The van der Waals surface area contributed by atoms with Crippen molar-refractivity contribution in [3.63, 3.8) is 0 Å². The number of carbonyl (C=O) groups is 4. The van der Waals surface area contributed by atoms with Gasteiger partial charge in [-0.2, -0.15) is 0 Å². The van der Waals surface area contributed by atoms with Crippen LogP contribution in [0.3, 0.4) is 0 Å². The Bertz CT molecular complexity index is 1180. The van der Waals surface area contributed by atoms with E-state index in [2.05, 4.69) is 0 Å². The Morgan fingerprint density at radius 3 is 1.94 bits per heavy atom. The van der Waals surface area contributed by atoms with E-state index in [0.717, 1.165) is 22.4 Å². The Balaban J connectivity index is 1.44. The third-order valence-corrected chi connectivity index (χ3v) is 5.90. The number of ether oxygens (including phenoxy) is 1. The fourth-order valence-corrected chi connectivity index (χ4v) is 4.04. The number of ketones is 1. The number of rotatable bonds is 9. The highest BCUT2D eigenvalue weighted by Crippen LogP contribution is 2.27. The molecule has 1 aliphatic heterocycles. The van der Waals surface area contributed by atoms with Crippen LogP contribution in [0.5, 0.6) is 0 Å². The molecule has 0 aromatic heterocycles. The summed E-state index contributed by atoms with van der Waals surface area (Å²) < 4.78 is 5.31. The molecule has 1 atom stereocenters. The fourth-order valence-electron chi connectivity index (χ4n) is 4.04. The molecule has 34 heavy (non-hydrogen) atoms. The molecule has 0 bridgehead atoms. The van der Waals surface area contributed by atoms with Gasteiger partial charge >= 0.3 is 5.97 Å². The van der Waals surface area contributed by atoms with Crippen molar-refractivity contribution < 1.29 is 23.9 Å². The Kier molecular flexibility index (Phi) is 6.97. The molecule has 0 N–H and O–H groups in total. The first-order valence-corrected chi connectivity index (χ1v) is 11.3. The summed E-state index contributed by atoms with van der Waals surface area (Å²) in [5, 5.41) is 0. The van der Waals surface area contributed by atoms with E-state index in [-0.39, 0.29) is 23.3 Å². The van der Waals surface area contributed by atoms with Crippen molar-refractivity contribution in [2.45, 2.75) is 32.2 Å². The lowest BCUT2D eigenvalue weighted by molar-refractivity contribution is -0.147. The lowest BCUT2D eigenvalue weighted by Crippen LogP contribution is -2.46. The van der Waals surface area contributed by atoms with Gasteiger partial charge in [0.25, 0.3) is 11.8 Å². The third kappa shape index (κ3) is 4.66. The first kappa shape index (κ1) is 23.1. The second kappa shape index (κ2) is 10.3. The number of esters is 1. The van der Waals surface area contributed by atoms with Gasteiger partial charge in [-0.3, -0.25) is 19.3 Å². The average molecular weight is 456 g/mol. The molecule has 0 fully saturated rings. The quantitative estimate of drug-likeness (QED) is 0.260. The summed E-state index contributed by atoms with van der Waals surface area (Å²) in [5.41, 5.74) is 2.97. The second-order valence-electron chi connectivity index (χ2n) is 8.16. The summed E-state index contributed by atoms with van der Waals surface area (Å²) in [7, 11) is 0. The first-order valence-electron chi connectivity index (χ1n) is 11.3. The Morgan fingerprint density at radius 1 is 0.794 bits per heavy atom. The van der Waals surface area contributed by atoms with Gasteiger partial charge in [0.05, 0.1) is 11.1 Å². The van der Waals surface area contributed by atoms with Gasteiger partial charge in [-0.05, 0) is 29.7 Å². The van der Waals surface area contributed by atoms with Crippen LogP contribution in [-0.2, 0) is 9.53 Å². The summed E-state index contributed by atoms with van der Waals surface area (Å²) in [4.78, 5) is 52.3. The van der Waals surface area contributed by atoms with Crippen LogP contribution in [-0.4, -0.2) is 41.1 Å². The molecule has 0 radical (unpaired) electrons. The fraction of sp³-hybridized carbons (Fsp3) is 0.214. The molecule has 6 heteroatoms. The standard InChI is InChI=1S/C28H25NO5/c1-2-3-13-24(29-26(31)22-11-7-8-12-23(22)27(29)32)28(33)34-18-25(30)21-16-14-20(15-17-21)19-9-5-4-6-10-19/h4-12,14-17,24H,2-3,13,18H2,1H3. The highest BCUT2D eigenvalue weighted by molar-refractivity contribution is 6.22. The van der Waals surface area contributed by atoms with Crippen LogP contribution >= 0.6 is 0 Å². The number of hydrogen-bond acceptors (Lipinski definition) is 5. The van der Waals surface area contributed by atoms with Gasteiger partial charge in [0.1, 0.15) is 6.04 Å². The lowest BCUT2D eigenvalue weighted by atomic mass is 10.0. The van der Waals surface area contributed by atoms with Gasteiger partial charge in [0, 0.05) is 5.56 Å². The zero-order valence-corrected chi connectivity index (χ0v) is 18.9. The maximum absolute atomic E-state index is 12.9. The van der Waals surface area contributed by atoms with Crippen LogP contribution in [0.1, 0.15) is 57.3 Å². The maximum atomic E-state index is 12.9. The first-order chi connectivity index (χ1) is 16.5. The molecule has 3 aromatic rings. The van der Waals surface area contributed by atoms with Gasteiger partial charge in [-0.15, -0.1) is 0 Å². The third-order valence-electron chi connectivity index (χ3n) is 5.90. The van der Waals surface area contributed by atoms with Crippen LogP contribution in [0.25, 0.3) is 11.1 Å². The number of Topliss-reactive ketones (excluding diaryl/α,β-unsaturated/α-hetero) is 1. The van der Waals surface area contributed by atoms with Gasteiger partial charge in [-0.1, -0.05) is 86.5 Å². The number of fused-ring (bicyclic) bond motifs is 1.